The molecule has 2 aliphatic rings. The molecule has 1 fully saturated rings. The summed E-state index contributed by atoms with van der Waals surface area (Å²) in [7, 11) is 0. The topological polar surface area (TPSA) is 36.4 Å². The number of piperazine rings is 1. The Morgan fingerprint density at radius 1 is 1.37 bits per heavy atom. The molecule has 1 saturated heterocycles. The second-order valence-electron chi connectivity index (χ2n) is 5.77. The summed E-state index contributed by atoms with van der Waals surface area (Å²) in [5.41, 5.74) is 0.808. The van der Waals surface area contributed by atoms with E-state index in [2.05, 4.69) is 28.6 Å². The predicted octanol–water partition coefficient (Wildman–Crippen LogP) is 1.96. The molecule has 0 unspecified atom stereocenters. The van der Waals surface area contributed by atoms with E-state index in [0.29, 0.717) is 18.5 Å². The molecule has 0 N–H and O–H groups in total. The number of anilines is 1. The van der Waals surface area contributed by atoms with Crippen LogP contribution in [-0.4, -0.2) is 47.4 Å². The van der Waals surface area contributed by atoms with Crippen LogP contribution < -0.4 is 4.90 Å². The fourth-order valence-corrected chi connectivity index (χ4v) is 3.15. The maximum absolute atomic E-state index is 12.2. The lowest BCUT2D eigenvalue weighted by atomic mass is 10.0. The maximum atomic E-state index is 12.2. The molecule has 0 spiro atoms. The summed E-state index contributed by atoms with van der Waals surface area (Å²) in [6.45, 7) is 7.55. The van der Waals surface area contributed by atoms with Crippen LogP contribution in [0.25, 0.3) is 0 Å². The molecule has 4 nitrogen and oxygen atoms in total. The highest BCUT2D eigenvalue weighted by molar-refractivity contribution is 6.01. The van der Waals surface area contributed by atoms with E-state index in [1.54, 1.807) is 6.20 Å². The van der Waals surface area contributed by atoms with E-state index in [4.69, 9.17) is 0 Å². The molecule has 3 rings (SSSR count). The highest BCUT2D eigenvalue weighted by Gasteiger charge is 2.33. The van der Waals surface area contributed by atoms with Gasteiger partial charge >= 0.3 is 0 Å². The third kappa shape index (κ3) is 2.25. The van der Waals surface area contributed by atoms with Crippen LogP contribution in [0.1, 0.15) is 37.0 Å². The van der Waals surface area contributed by atoms with Gasteiger partial charge in [0.2, 0.25) is 0 Å². The fraction of sp³-hybridized carbons (Fsp3) is 0.600. The third-order valence-electron chi connectivity index (χ3n) is 4.31. The molecule has 0 aliphatic carbocycles. The van der Waals surface area contributed by atoms with Crippen molar-refractivity contribution >= 4 is 11.6 Å². The minimum atomic E-state index is 0.244. The first-order valence-electron chi connectivity index (χ1n) is 7.15. The Labute approximate surface area is 114 Å². The summed E-state index contributed by atoms with van der Waals surface area (Å²) >= 11 is 0. The number of fused-ring (bicyclic) bond motifs is 3. The number of ketones is 1. The van der Waals surface area contributed by atoms with Gasteiger partial charge in [0.1, 0.15) is 5.82 Å². The molecule has 0 radical (unpaired) electrons. The van der Waals surface area contributed by atoms with E-state index >= 15 is 0 Å². The average molecular weight is 259 g/mol. The lowest BCUT2D eigenvalue weighted by Gasteiger charge is -2.43. The van der Waals surface area contributed by atoms with Crippen LogP contribution in [0.2, 0.25) is 0 Å². The lowest BCUT2D eigenvalue weighted by molar-refractivity contribution is 0.0977. The van der Waals surface area contributed by atoms with Gasteiger partial charge in [-0.05, 0) is 32.4 Å². The van der Waals surface area contributed by atoms with Crippen molar-refractivity contribution in [1.29, 1.82) is 0 Å². The average Bonchev–Trinajstić information content (AvgIpc) is 2.57. The van der Waals surface area contributed by atoms with Gasteiger partial charge in [0.15, 0.2) is 5.78 Å². The van der Waals surface area contributed by atoms with Crippen molar-refractivity contribution in [3.8, 4) is 0 Å². The van der Waals surface area contributed by atoms with E-state index in [1.807, 2.05) is 12.1 Å². The number of carbonyl (C=O) groups is 1. The van der Waals surface area contributed by atoms with Crippen molar-refractivity contribution in [3.63, 3.8) is 0 Å². The molecular formula is C15H21N3O. The van der Waals surface area contributed by atoms with Crippen molar-refractivity contribution in [3.05, 3.63) is 23.9 Å². The smallest absolute Gasteiger partial charge is 0.166 e. The number of carbonyl (C=O) groups excluding carboxylic acids is 1. The van der Waals surface area contributed by atoms with Gasteiger partial charge < -0.3 is 4.90 Å². The van der Waals surface area contributed by atoms with E-state index in [1.165, 1.54) is 0 Å². The molecule has 0 amide bonds. The second-order valence-corrected chi connectivity index (χ2v) is 5.77. The molecule has 1 atom stereocenters. The first kappa shape index (κ1) is 12.6. The minimum absolute atomic E-state index is 0.244. The summed E-state index contributed by atoms with van der Waals surface area (Å²) < 4.78 is 0. The third-order valence-corrected chi connectivity index (χ3v) is 4.31. The molecule has 4 heteroatoms. The molecule has 1 aromatic heterocycles. The zero-order valence-electron chi connectivity index (χ0n) is 11.7. The Bertz CT molecular complexity index is 486. The standard InChI is InChI=1S/C15H21N3O/c1-11(2)17-8-9-18-12(10-17)5-6-14(19)13-4-3-7-16-15(13)18/h3-4,7,11-12H,5-6,8-10H2,1-2H3/t12-/m0/s1. The van der Waals surface area contributed by atoms with Gasteiger partial charge in [0, 0.05) is 44.3 Å². The van der Waals surface area contributed by atoms with E-state index in [9.17, 15) is 4.79 Å². The van der Waals surface area contributed by atoms with Crippen molar-refractivity contribution in [1.82, 2.24) is 9.88 Å². The highest BCUT2D eigenvalue weighted by Crippen LogP contribution is 2.29. The lowest BCUT2D eigenvalue weighted by Crippen LogP contribution is -2.55. The predicted molar refractivity (Wildman–Crippen MR) is 75.6 cm³/mol. The fourth-order valence-electron chi connectivity index (χ4n) is 3.15. The van der Waals surface area contributed by atoms with Crippen molar-refractivity contribution in [2.45, 2.75) is 38.8 Å². The van der Waals surface area contributed by atoms with Crippen molar-refractivity contribution < 1.29 is 4.79 Å². The van der Waals surface area contributed by atoms with Crippen LogP contribution in [-0.2, 0) is 0 Å². The van der Waals surface area contributed by atoms with E-state index in [0.717, 1.165) is 37.4 Å². The Morgan fingerprint density at radius 3 is 3.00 bits per heavy atom. The van der Waals surface area contributed by atoms with Crippen molar-refractivity contribution in [2.75, 3.05) is 24.5 Å². The summed E-state index contributed by atoms with van der Waals surface area (Å²) in [5.74, 6) is 1.15. The van der Waals surface area contributed by atoms with Gasteiger partial charge in [0.05, 0.1) is 5.56 Å². The molecule has 2 aliphatic heterocycles. The van der Waals surface area contributed by atoms with Crippen LogP contribution in [0.5, 0.6) is 0 Å². The summed E-state index contributed by atoms with van der Waals surface area (Å²) in [6, 6.07) is 4.78. The second kappa shape index (κ2) is 4.93. The van der Waals surface area contributed by atoms with Gasteiger partial charge in [-0.25, -0.2) is 4.98 Å². The molecule has 0 bridgehead atoms. The number of hydrogen-bond acceptors (Lipinski definition) is 4. The molecular weight excluding hydrogens is 238 g/mol. The van der Waals surface area contributed by atoms with Gasteiger partial charge in [-0.2, -0.15) is 0 Å². The van der Waals surface area contributed by atoms with Crippen LogP contribution in [0.4, 0.5) is 5.82 Å². The summed E-state index contributed by atoms with van der Waals surface area (Å²) in [6.07, 6.45) is 3.38. The SMILES string of the molecule is CC(C)N1CCN2c3ncccc3C(=O)CC[C@H]2C1. The Balaban J connectivity index is 1.92. The normalized spacial score (nSPS) is 24.1. The van der Waals surface area contributed by atoms with Crippen molar-refractivity contribution in [2.24, 2.45) is 0 Å². The Morgan fingerprint density at radius 2 is 2.21 bits per heavy atom. The molecule has 3 heterocycles. The van der Waals surface area contributed by atoms with Gasteiger partial charge in [-0.15, -0.1) is 0 Å². The Hall–Kier alpha value is -1.42. The van der Waals surface area contributed by atoms with Gasteiger partial charge in [-0.3, -0.25) is 9.69 Å². The van der Waals surface area contributed by atoms with Gasteiger partial charge in [-0.1, -0.05) is 0 Å². The zero-order valence-corrected chi connectivity index (χ0v) is 11.7. The number of Topliss-reactive ketones (excluding diaryl/α,β-unsaturated/α-hetero) is 1. The zero-order chi connectivity index (χ0) is 13.4. The summed E-state index contributed by atoms with van der Waals surface area (Å²) in [5, 5.41) is 0. The minimum Gasteiger partial charge on any atom is -0.350 e. The molecule has 19 heavy (non-hydrogen) atoms. The van der Waals surface area contributed by atoms with Crippen LogP contribution >= 0.6 is 0 Å². The molecule has 0 saturated carbocycles. The monoisotopic (exact) mass is 259 g/mol. The number of aromatic nitrogens is 1. The molecule has 102 valence electrons. The van der Waals surface area contributed by atoms with Crippen LogP contribution in [0, 0.1) is 0 Å². The largest absolute Gasteiger partial charge is 0.350 e. The van der Waals surface area contributed by atoms with E-state index < -0.39 is 0 Å². The first-order valence-corrected chi connectivity index (χ1v) is 7.15. The maximum Gasteiger partial charge on any atom is 0.166 e. The van der Waals surface area contributed by atoms with Crippen LogP contribution in [0.15, 0.2) is 18.3 Å². The number of nitrogens with zero attached hydrogens (tertiary/aromatic N) is 3. The first-order chi connectivity index (χ1) is 9.16. The van der Waals surface area contributed by atoms with E-state index in [-0.39, 0.29) is 5.78 Å². The Kier molecular flexibility index (Phi) is 3.27. The van der Waals surface area contributed by atoms with Gasteiger partial charge in [0.25, 0.3) is 0 Å². The summed E-state index contributed by atoms with van der Waals surface area (Å²) in [4.78, 5) is 21.5. The number of hydrogen-bond donors (Lipinski definition) is 0. The number of rotatable bonds is 1. The molecule has 0 aromatic carbocycles. The number of pyridine rings is 1. The quantitative estimate of drug-likeness (QED) is 0.772. The highest BCUT2D eigenvalue weighted by atomic mass is 16.1. The van der Waals surface area contributed by atoms with Crippen LogP contribution in [0.3, 0.4) is 0 Å². The molecule has 1 aromatic rings.